The van der Waals surface area contributed by atoms with Gasteiger partial charge in [-0.3, -0.25) is 0 Å². The second-order valence-corrected chi connectivity index (χ2v) is 5.46. The first-order chi connectivity index (χ1) is 8.83. The molecule has 0 amide bonds. The van der Waals surface area contributed by atoms with Gasteiger partial charge in [0.15, 0.2) is 0 Å². The maximum Gasteiger partial charge on any atom is 0.123 e. The Labute approximate surface area is 108 Å². The van der Waals surface area contributed by atoms with Gasteiger partial charge < -0.3 is 10.1 Å². The number of nitrogens with one attached hydrogen (secondary N) is 1. The summed E-state index contributed by atoms with van der Waals surface area (Å²) in [6, 6.07) is 6.94. The highest BCUT2D eigenvalue weighted by Gasteiger charge is 2.40. The Kier molecular flexibility index (Phi) is 3.50. The van der Waals surface area contributed by atoms with Gasteiger partial charge in [0.25, 0.3) is 0 Å². The minimum absolute atomic E-state index is 0.219. The summed E-state index contributed by atoms with van der Waals surface area (Å²) in [7, 11) is 0. The molecular weight excluding hydrogens is 229 g/mol. The van der Waals surface area contributed by atoms with Gasteiger partial charge in [0.1, 0.15) is 18.2 Å². The van der Waals surface area contributed by atoms with Crippen LogP contribution in [0, 0.1) is 17.7 Å². The van der Waals surface area contributed by atoms with Crippen LogP contribution in [0.15, 0.2) is 24.3 Å². The van der Waals surface area contributed by atoms with Crippen LogP contribution in [0.5, 0.6) is 5.75 Å². The predicted molar refractivity (Wildman–Crippen MR) is 69.1 cm³/mol. The smallest absolute Gasteiger partial charge is 0.123 e. The van der Waals surface area contributed by atoms with Crippen LogP contribution in [0.4, 0.5) is 4.39 Å². The minimum atomic E-state index is -0.219. The summed E-state index contributed by atoms with van der Waals surface area (Å²) in [6.45, 7) is 1.54. The zero-order valence-electron chi connectivity index (χ0n) is 10.6. The van der Waals surface area contributed by atoms with Gasteiger partial charge >= 0.3 is 0 Å². The maximum absolute atomic E-state index is 12.7. The Morgan fingerprint density at radius 1 is 1.11 bits per heavy atom. The standard InChI is InChI=1S/C15H20FNO/c16-13-5-7-14(8-6-13)18-10-9-17-15(11-1-2-11)12-3-4-12/h5-8,11-12,15,17H,1-4,9-10H2. The molecule has 18 heavy (non-hydrogen) atoms. The van der Waals surface area contributed by atoms with Gasteiger partial charge in [-0.25, -0.2) is 4.39 Å². The zero-order valence-corrected chi connectivity index (χ0v) is 10.6. The topological polar surface area (TPSA) is 21.3 Å². The molecule has 2 fully saturated rings. The van der Waals surface area contributed by atoms with Crippen LogP contribution in [-0.4, -0.2) is 19.2 Å². The van der Waals surface area contributed by atoms with E-state index in [0.717, 1.165) is 30.2 Å². The van der Waals surface area contributed by atoms with Crippen molar-refractivity contribution >= 4 is 0 Å². The monoisotopic (exact) mass is 249 g/mol. The van der Waals surface area contributed by atoms with E-state index in [-0.39, 0.29) is 5.82 Å². The molecule has 2 aliphatic rings. The van der Waals surface area contributed by atoms with E-state index in [0.29, 0.717) is 6.61 Å². The fourth-order valence-corrected chi connectivity index (χ4v) is 2.55. The highest BCUT2D eigenvalue weighted by molar-refractivity contribution is 5.21. The van der Waals surface area contributed by atoms with Gasteiger partial charge in [-0.05, 0) is 61.8 Å². The molecule has 2 saturated carbocycles. The number of ether oxygens (including phenoxy) is 1. The third-order valence-electron chi connectivity index (χ3n) is 3.82. The molecule has 0 aliphatic heterocycles. The molecule has 0 bridgehead atoms. The molecule has 3 heteroatoms. The van der Waals surface area contributed by atoms with E-state index in [2.05, 4.69) is 5.32 Å². The maximum atomic E-state index is 12.7. The first kappa shape index (κ1) is 12.0. The Bertz CT molecular complexity index is 372. The second kappa shape index (κ2) is 5.27. The van der Waals surface area contributed by atoms with Crippen LogP contribution in [0.2, 0.25) is 0 Å². The van der Waals surface area contributed by atoms with Gasteiger partial charge in [-0.1, -0.05) is 0 Å². The van der Waals surface area contributed by atoms with Gasteiger partial charge in [0.2, 0.25) is 0 Å². The molecule has 0 atom stereocenters. The van der Waals surface area contributed by atoms with Crippen molar-refractivity contribution in [3.05, 3.63) is 30.1 Å². The third-order valence-corrected chi connectivity index (χ3v) is 3.82. The summed E-state index contributed by atoms with van der Waals surface area (Å²) in [4.78, 5) is 0. The van der Waals surface area contributed by atoms with Gasteiger partial charge in [-0.2, -0.15) is 0 Å². The van der Waals surface area contributed by atoms with E-state index in [1.165, 1.54) is 37.8 Å². The molecule has 98 valence electrons. The zero-order chi connectivity index (χ0) is 12.4. The van der Waals surface area contributed by atoms with Crippen molar-refractivity contribution in [3.63, 3.8) is 0 Å². The Morgan fingerprint density at radius 3 is 2.28 bits per heavy atom. The molecule has 1 N–H and O–H groups in total. The number of benzene rings is 1. The number of hydrogen-bond donors (Lipinski definition) is 1. The molecule has 1 aromatic rings. The second-order valence-electron chi connectivity index (χ2n) is 5.46. The Morgan fingerprint density at radius 2 is 1.72 bits per heavy atom. The van der Waals surface area contributed by atoms with Crippen molar-refractivity contribution in [2.75, 3.05) is 13.2 Å². The minimum Gasteiger partial charge on any atom is -0.492 e. The van der Waals surface area contributed by atoms with Crippen LogP contribution in [0.25, 0.3) is 0 Å². The molecule has 0 saturated heterocycles. The van der Waals surface area contributed by atoms with Gasteiger partial charge in [0, 0.05) is 12.6 Å². The molecule has 3 rings (SSSR count). The Balaban J connectivity index is 1.37. The average molecular weight is 249 g/mol. The van der Waals surface area contributed by atoms with E-state index in [1.54, 1.807) is 12.1 Å². The lowest BCUT2D eigenvalue weighted by Gasteiger charge is -2.17. The molecule has 0 heterocycles. The first-order valence-electron chi connectivity index (χ1n) is 6.95. The summed E-state index contributed by atoms with van der Waals surface area (Å²) in [6.07, 6.45) is 5.58. The van der Waals surface area contributed by atoms with Crippen molar-refractivity contribution in [3.8, 4) is 5.75 Å². The third kappa shape index (κ3) is 3.22. The molecule has 0 aromatic heterocycles. The first-order valence-corrected chi connectivity index (χ1v) is 6.95. The molecule has 0 spiro atoms. The van der Waals surface area contributed by atoms with Gasteiger partial charge in [0.05, 0.1) is 0 Å². The summed E-state index contributed by atoms with van der Waals surface area (Å²) in [5.41, 5.74) is 0. The van der Waals surface area contributed by atoms with Crippen LogP contribution in [0.3, 0.4) is 0 Å². The SMILES string of the molecule is Fc1ccc(OCCNC(C2CC2)C2CC2)cc1. The quantitative estimate of drug-likeness (QED) is 0.750. The van der Waals surface area contributed by atoms with Crippen LogP contribution < -0.4 is 10.1 Å². The van der Waals surface area contributed by atoms with E-state index in [1.807, 2.05) is 0 Å². The lowest BCUT2D eigenvalue weighted by molar-refractivity contribution is 0.293. The van der Waals surface area contributed by atoms with E-state index in [4.69, 9.17) is 4.74 Å². The summed E-state index contributed by atoms with van der Waals surface area (Å²) in [5.74, 6) is 2.36. The van der Waals surface area contributed by atoms with Crippen molar-refractivity contribution in [1.29, 1.82) is 0 Å². The highest BCUT2D eigenvalue weighted by Crippen LogP contribution is 2.44. The fourth-order valence-electron chi connectivity index (χ4n) is 2.55. The summed E-state index contributed by atoms with van der Waals surface area (Å²) in [5, 5.41) is 3.63. The Hall–Kier alpha value is -1.09. The van der Waals surface area contributed by atoms with Crippen molar-refractivity contribution in [2.24, 2.45) is 11.8 Å². The van der Waals surface area contributed by atoms with E-state index in [9.17, 15) is 4.39 Å². The lowest BCUT2D eigenvalue weighted by Crippen LogP contribution is -2.36. The molecule has 0 unspecified atom stereocenters. The van der Waals surface area contributed by atoms with E-state index < -0.39 is 0 Å². The molecule has 2 aliphatic carbocycles. The number of hydrogen-bond acceptors (Lipinski definition) is 2. The van der Waals surface area contributed by atoms with Crippen LogP contribution in [-0.2, 0) is 0 Å². The predicted octanol–water partition coefficient (Wildman–Crippen LogP) is 2.98. The number of halogens is 1. The fraction of sp³-hybridized carbons (Fsp3) is 0.600. The average Bonchev–Trinajstić information content (AvgIpc) is 3.25. The van der Waals surface area contributed by atoms with Crippen LogP contribution in [0.1, 0.15) is 25.7 Å². The van der Waals surface area contributed by atoms with Gasteiger partial charge in [-0.15, -0.1) is 0 Å². The molecular formula is C15H20FNO. The van der Waals surface area contributed by atoms with Crippen molar-refractivity contribution in [1.82, 2.24) is 5.32 Å². The summed E-state index contributed by atoms with van der Waals surface area (Å²) >= 11 is 0. The largest absolute Gasteiger partial charge is 0.492 e. The lowest BCUT2D eigenvalue weighted by atomic mass is 10.1. The number of rotatable bonds is 7. The van der Waals surface area contributed by atoms with Crippen molar-refractivity contribution < 1.29 is 9.13 Å². The molecule has 2 nitrogen and oxygen atoms in total. The highest BCUT2D eigenvalue weighted by atomic mass is 19.1. The van der Waals surface area contributed by atoms with E-state index >= 15 is 0 Å². The normalized spacial score (nSPS) is 19.2. The molecule has 0 radical (unpaired) electrons. The summed E-state index contributed by atoms with van der Waals surface area (Å²) < 4.78 is 18.3. The van der Waals surface area contributed by atoms with Crippen molar-refractivity contribution in [2.45, 2.75) is 31.7 Å². The van der Waals surface area contributed by atoms with Crippen LogP contribution >= 0.6 is 0 Å². The molecule has 1 aromatic carbocycles.